The number of unbranched alkanes of at least 4 members (excludes halogenated alkanes) is 3. The molecule has 0 bridgehead atoms. The first-order valence-corrected chi connectivity index (χ1v) is 10.1. The lowest BCUT2D eigenvalue weighted by Gasteiger charge is -2.22. The van der Waals surface area contributed by atoms with Gasteiger partial charge in [0.2, 0.25) is 0 Å². The van der Waals surface area contributed by atoms with Crippen molar-refractivity contribution < 1.29 is 28.7 Å². The Morgan fingerprint density at radius 3 is 1.50 bits per heavy atom. The van der Waals surface area contributed by atoms with Gasteiger partial charge in [0.25, 0.3) is 0 Å². The summed E-state index contributed by atoms with van der Waals surface area (Å²) in [4.78, 5) is 38.8. The predicted octanol–water partition coefficient (Wildman–Crippen LogP) is 0.681. The summed E-state index contributed by atoms with van der Waals surface area (Å²) in [6.45, 7) is 1.26. The highest BCUT2D eigenvalue weighted by Crippen LogP contribution is 2.40. The van der Waals surface area contributed by atoms with Crippen LogP contribution in [0.25, 0.3) is 0 Å². The Morgan fingerprint density at radius 2 is 1.15 bits per heavy atom. The number of hydrogen-bond acceptors (Lipinski definition) is 4. The molecule has 0 fully saturated rings. The molecule has 8 nitrogen and oxygen atoms in total. The molecule has 0 spiro atoms. The molecule has 0 aromatic heterocycles. The highest BCUT2D eigenvalue weighted by atomic mass is 31.2. The summed E-state index contributed by atoms with van der Waals surface area (Å²) in [7, 11) is -4.64. The van der Waals surface area contributed by atoms with E-state index in [9.17, 15) is 9.13 Å². The molecule has 0 unspecified atom stereocenters. The third kappa shape index (κ3) is 14.6. The van der Waals surface area contributed by atoms with E-state index >= 15 is 0 Å². The fourth-order valence-corrected chi connectivity index (χ4v) is 3.51. The SMILES string of the molecule is CN(C)CCCCCCN(CP(=O)(O)O)CP(=O)(O)O. The molecule has 0 aliphatic heterocycles. The fraction of sp³-hybridized carbons (Fsp3) is 1.00. The fourth-order valence-electron chi connectivity index (χ4n) is 1.82. The second kappa shape index (κ2) is 9.28. The molecule has 0 rings (SSSR count). The van der Waals surface area contributed by atoms with Crippen LogP contribution in [0.5, 0.6) is 0 Å². The molecule has 122 valence electrons. The van der Waals surface area contributed by atoms with Crippen molar-refractivity contribution in [3.05, 3.63) is 0 Å². The number of hydrogen-bond donors (Lipinski definition) is 4. The number of nitrogens with zero attached hydrogens (tertiary/aromatic N) is 2. The molecule has 0 saturated carbocycles. The molecular formula is C10H26N2O6P2. The van der Waals surface area contributed by atoms with Crippen molar-refractivity contribution in [3.8, 4) is 0 Å². The lowest BCUT2D eigenvalue weighted by molar-refractivity contribution is 0.272. The normalized spacial score (nSPS) is 13.4. The van der Waals surface area contributed by atoms with Gasteiger partial charge < -0.3 is 24.5 Å². The van der Waals surface area contributed by atoms with Crippen LogP contribution in [0.15, 0.2) is 0 Å². The van der Waals surface area contributed by atoms with Gasteiger partial charge in [0.05, 0.1) is 0 Å². The molecule has 0 saturated heterocycles. The van der Waals surface area contributed by atoms with E-state index in [4.69, 9.17) is 19.6 Å². The highest BCUT2D eigenvalue weighted by Gasteiger charge is 2.25. The first-order chi connectivity index (χ1) is 8.99. The Hall–Kier alpha value is 0.220. The summed E-state index contributed by atoms with van der Waals surface area (Å²) in [5.41, 5.74) is 0. The van der Waals surface area contributed by atoms with Gasteiger partial charge in [0.1, 0.15) is 12.6 Å². The van der Waals surface area contributed by atoms with Gasteiger partial charge in [-0.1, -0.05) is 12.8 Å². The maximum Gasteiger partial charge on any atom is 0.339 e. The smallest absolute Gasteiger partial charge is 0.324 e. The van der Waals surface area contributed by atoms with Gasteiger partial charge in [-0.05, 0) is 40.0 Å². The summed E-state index contributed by atoms with van der Waals surface area (Å²) in [6.07, 6.45) is 2.31. The average molecular weight is 332 g/mol. The van der Waals surface area contributed by atoms with Crippen LogP contribution < -0.4 is 0 Å². The second-order valence-corrected chi connectivity index (χ2v) is 8.45. The van der Waals surface area contributed by atoms with E-state index in [1.165, 1.54) is 0 Å². The molecule has 10 heteroatoms. The van der Waals surface area contributed by atoms with E-state index in [1.54, 1.807) is 0 Å². The van der Waals surface area contributed by atoms with Crippen LogP contribution in [0.4, 0.5) is 0 Å². The highest BCUT2D eigenvalue weighted by molar-refractivity contribution is 7.52. The summed E-state index contributed by atoms with van der Waals surface area (Å²) in [5, 5.41) is 0. The van der Waals surface area contributed by atoms with Crippen molar-refractivity contribution in [2.24, 2.45) is 0 Å². The minimum Gasteiger partial charge on any atom is -0.324 e. The topological polar surface area (TPSA) is 122 Å². The Morgan fingerprint density at radius 1 is 0.750 bits per heavy atom. The van der Waals surface area contributed by atoms with E-state index < -0.39 is 27.8 Å². The van der Waals surface area contributed by atoms with Gasteiger partial charge in [-0.15, -0.1) is 0 Å². The molecule has 4 N–H and O–H groups in total. The zero-order valence-corrected chi connectivity index (χ0v) is 13.8. The minimum absolute atomic E-state index is 0.276. The molecule has 0 aliphatic rings. The van der Waals surface area contributed by atoms with Crippen LogP contribution in [0.3, 0.4) is 0 Å². The van der Waals surface area contributed by atoms with E-state index in [1.807, 2.05) is 14.1 Å². The minimum atomic E-state index is -4.31. The van der Waals surface area contributed by atoms with Crippen LogP contribution in [0.2, 0.25) is 0 Å². The Kier molecular flexibility index (Phi) is 9.38. The van der Waals surface area contributed by atoms with E-state index in [-0.39, 0.29) is 6.54 Å². The molecule has 0 atom stereocenters. The second-order valence-electron chi connectivity index (χ2n) is 5.22. The first kappa shape index (κ1) is 20.2. The maximum absolute atomic E-state index is 10.9. The van der Waals surface area contributed by atoms with Crippen LogP contribution in [0.1, 0.15) is 25.7 Å². The van der Waals surface area contributed by atoms with Gasteiger partial charge in [0.15, 0.2) is 0 Å². The van der Waals surface area contributed by atoms with Crippen molar-refractivity contribution >= 4 is 15.2 Å². The monoisotopic (exact) mass is 332 g/mol. The van der Waals surface area contributed by atoms with Crippen molar-refractivity contribution in [3.63, 3.8) is 0 Å². The maximum atomic E-state index is 10.9. The van der Waals surface area contributed by atoms with Crippen LogP contribution >= 0.6 is 15.2 Å². The zero-order chi connectivity index (χ0) is 15.8. The quantitative estimate of drug-likeness (QED) is 0.322. The van der Waals surface area contributed by atoms with Gasteiger partial charge in [-0.3, -0.25) is 14.0 Å². The molecule has 0 radical (unpaired) electrons. The third-order valence-corrected chi connectivity index (χ3v) is 4.14. The van der Waals surface area contributed by atoms with Crippen LogP contribution in [-0.4, -0.2) is 69.1 Å². The van der Waals surface area contributed by atoms with Gasteiger partial charge in [-0.25, -0.2) is 0 Å². The predicted molar refractivity (Wildman–Crippen MR) is 77.6 cm³/mol. The zero-order valence-electron chi connectivity index (χ0n) is 12.1. The molecule has 0 heterocycles. The van der Waals surface area contributed by atoms with Crippen molar-refractivity contribution in [1.82, 2.24) is 9.80 Å². The molecule has 0 aromatic rings. The Balaban J connectivity index is 4.04. The Bertz CT molecular complexity index is 330. The molecule has 0 aliphatic carbocycles. The van der Waals surface area contributed by atoms with Crippen molar-refractivity contribution in [2.45, 2.75) is 25.7 Å². The Labute approximate surface area is 120 Å². The third-order valence-electron chi connectivity index (χ3n) is 2.60. The van der Waals surface area contributed by atoms with Gasteiger partial charge in [-0.2, -0.15) is 0 Å². The summed E-state index contributed by atoms with van der Waals surface area (Å²) < 4.78 is 21.9. The lowest BCUT2D eigenvalue weighted by atomic mass is 10.2. The van der Waals surface area contributed by atoms with Crippen molar-refractivity contribution in [2.75, 3.05) is 39.8 Å². The first-order valence-electron chi connectivity index (χ1n) is 6.46. The summed E-state index contributed by atoms with van der Waals surface area (Å²) >= 11 is 0. The average Bonchev–Trinajstić information content (AvgIpc) is 2.17. The molecular weight excluding hydrogens is 306 g/mol. The van der Waals surface area contributed by atoms with E-state index in [0.717, 1.165) is 30.7 Å². The summed E-state index contributed by atoms with van der Waals surface area (Å²) in [5.74, 6) is 0. The van der Waals surface area contributed by atoms with E-state index in [2.05, 4.69) is 4.90 Å². The lowest BCUT2D eigenvalue weighted by Crippen LogP contribution is -2.27. The van der Waals surface area contributed by atoms with E-state index in [0.29, 0.717) is 6.42 Å². The van der Waals surface area contributed by atoms with Crippen LogP contribution in [0, 0.1) is 0 Å². The largest absolute Gasteiger partial charge is 0.339 e. The molecule has 0 amide bonds. The van der Waals surface area contributed by atoms with Gasteiger partial charge in [0, 0.05) is 0 Å². The van der Waals surface area contributed by atoms with Crippen molar-refractivity contribution in [1.29, 1.82) is 0 Å². The summed E-state index contributed by atoms with van der Waals surface area (Å²) in [6, 6.07) is 0. The van der Waals surface area contributed by atoms with Gasteiger partial charge >= 0.3 is 15.2 Å². The number of rotatable bonds is 11. The molecule has 0 aromatic carbocycles. The van der Waals surface area contributed by atoms with Crippen LogP contribution in [-0.2, 0) is 9.13 Å². The standard InChI is InChI=1S/C10H26N2O6P2/c1-11(2)7-5-3-4-6-8-12(9-19(13,14)15)10-20(16,17)18/h3-10H2,1-2H3,(H2,13,14,15)(H2,16,17,18). The molecule has 20 heavy (non-hydrogen) atoms.